The lowest BCUT2D eigenvalue weighted by molar-refractivity contribution is -0.112. The number of para-hydroxylation sites is 1. The van der Waals surface area contributed by atoms with Gasteiger partial charge in [0.2, 0.25) is 0 Å². The molecule has 0 unspecified atom stereocenters. The van der Waals surface area contributed by atoms with E-state index in [0.717, 1.165) is 5.56 Å². The molecule has 3 rings (SSSR count). The molecule has 0 aromatic heterocycles. The van der Waals surface area contributed by atoms with Gasteiger partial charge in [-0.25, -0.2) is 0 Å². The molecule has 0 aliphatic carbocycles. The predicted octanol–water partition coefficient (Wildman–Crippen LogP) is 6.89. The summed E-state index contributed by atoms with van der Waals surface area (Å²) in [6, 6.07) is 19.5. The van der Waals surface area contributed by atoms with Crippen molar-refractivity contribution in [3.63, 3.8) is 0 Å². The minimum atomic E-state index is -0.510. The quantitative estimate of drug-likeness (QED) is 0.266. The molecule has 162 valence electrons. The van der Waals surface area contributed by atoms with Crippen molar-refractivity contribution in [3.05, 3.63) is 91.9 Å². The Kier molecular flexibility index (Phi) is 8.18. The van der Waals surface area contributed by atoms with Crippen LogP contribution in [0.1, 0.15) is 11.1 Å². The average Bonchev–Trinajstić information content (AvgIpc) is 2.79. The maximum atomic E-state index is 12.5. The molecule has 5 nitrogen and oxygen atoms in total. The second-order valence-electron chi connectivity index (χ2n) is 6.55. The van der Waals surface area contributed by atoms with E-state index in [9.17, 15) is 10.1 Å². The number of nitrogens with one attached hydrogen (secondary N) is 1. The van der Waals surface area contributed by atoms with Crippen molar-refractivity contribution < 1.29 is 14.3 Å². The van der Waals surface area contributed by atoms with Gasteiger partial charge < -0.3 is 14.8 Å². The number of ether oxygens (including phenoxy) is 2. The molecule has 3 aromatic rings. The van der Waals surface area contributed by atoms with E-state index in [1.54, 1.807) is 48.5 Å². The van der Waals surface area contributed by atoms with Gasteiger partial charge in [0.05, 0.1) is 17.2 Å². The van der Waals surface area contributed by atoms with E-state index in [1.165, 1.54) is 13.2 Å². The number of nitrogens with zero attached hydrogens (tertiary/aromatic N) is 1. The predicted molar refractivity (Wildman–Crippen MR) is 130 cm³/mol. The summed E-state index contributed by atoms with van der Waals surface area (Å²) in [5.41, 5.74) is 1.97. The summed E-state index contributed by atoms with van der Waals surface area (Å²) in [6.07, 6.45) is 1.48. The number of rotatable bonds is 7. The van der Waals surface area contributed by atoms with E-state index in [2.05, 4.69) is 21.2 Å². The fourth-order valence-corrected chi connectivity index (χ4v) is 3.51. The first-order valence-corrected chi connectivity index (χ1v) is 10.9. The molecule has 3 aromatic carbocycles. The number of carbonyl (C=O) groups is 1. The smallest absolute Gasteiger partial charge is 0.266 e. The van der Waals surface area contributed by atoms with E-state index in [1.807, 2.05) is 18.2 Å². The van der Waals surface area contributed by atoms with E-state index < -0.39 is 5.91 Å². The van der Waals surface area contributed by atoms with Crippen LogP contribution in [0.2, 0.25) is 10.0 Å². The molecule has 0 saturated carbocycles. The standard InChI is InChI=1S/C24H17BrCl2N2O3/c1-31-22-11-16(10-17(13-28)24(30)29-18-5-3-2-4-6-18)19(25)12-23(22)32-14-15-7-8-20(26)21(27)9-15/h2-12H,14H2,1H3,(H,29,30)/b17-10-. The zero-order chi connectivity index (χ0) is 23.1. The molecule has 0 radical (unpaired) electrons. The molecule has 1 amide bonds. The van der Waals surface area contributed by atoms with Crippen LogP contribution in [0.25, 0.3) is 6.08 Å². The van der Waals surface area contributed by atoms with Crippen LogP contribution in [-0.2, 0) is 11.4 Å². The third-order valence-electron chi connectivity index (χ3n) is 4.36. The molecule has 8 heteroatoms. The zero-order valence-corrected chi connectivity index (χ0v) is 20.0. The lowest BCUT2D eigenvalue weighted by Crippen LogP contribution is -2.13. The van der Waals surface area contributed by atoms with Crippen molar-refractivity contribution >= 4 is 56.8 Å². The number of hydrogen-bond acceptors (Lipinski definition) is 4. The number of benzene rings is 3. The topological polar surface area (TPSA) is 71.3 Å². The summed E-state index contributed by atoms with van der Waals surface area (Å²) in [4.78, 5) is 12.5. The second-order valence-corrected chi connectivity index (χ2v) is 8.22. The Morgan fingerprint density at radius 3 is 2.50 bits per heavy atom. The number of amides is 1. The lowest BCUT2D eigenvalue weighted by atomic mass is 10.1. The van der Waals surface area contributed by atoms with Crippen LogP contribution in [0.4, 0.5) is 5.69 Å². The lowest BCUT2D eigenvalue weighted by Gasteiger charge is -2.13. The number of methoxy groups -OCH3 is 1. The first kappa shape index (κ1) is 23.7. The Bertz CT molecular complexity index is 1210. The third kappa shape index (κ3) is 6.04. The van der Waals surface area contributed by atoms with Gasteiger partial charge in [-0.05, 0) is 53.6 Å². The number of carbonyl (C=O) groups excluding carboxylic acids is 1. The molecule has 0 saturated heterocycles. The molecule has 0 fully saturated rings. The SMILES string of the molecule is COc1cc(/C=C(/C#N)C(=O)Nc2ccccc2)c(Br)cc1OCc1ccc(Cl)c(Cl)c1. The van der Waals surface area contributed by atoms with Crippen LogP contribution >= 0.6 is 39.1 Å². The van der Waals surface area contributed by atoms with Gasteiger partial charge in [0, 0.05) is 10.2 Å². The Labute approximate surface area is 204 Å². The molecule has 0 bridgehead atoms. The highest BCUT2D eigenvalue weighted by atomic mass is 79.9. The number of anilines is 1. The van der Waals surface area contributed by atoms with Crippen LogP contribution in [0.3, 0.4) is 0 Å². The fraction of sp³-hybridized carbons (Fsp3) is 0.0833. The zero-order valence-electron chi connectivity index (χ0n) is 16.9. The second kappa shape index (κ2) is 11.1. The van der Waals surface area contributed by atoms with Crippen LogP contribution in [0, 0.1) is 11.3 Å². The highest BCUT2D eigenvalue weighted by Gasteiger charge is 2.14. The van der Waals surface area contributed by atoms with Crippen LogP contribution in [0.5, 0.6) is 11.5 Å². The first-order chi connectivity index (χ1) is 15.4. The monoisotopic (exact) mass is 530 g/mol. The molecular weight excluding hydrogens is 515 g/mol. The maximum absolute atomic E-state index is 12.5. The van der Waals surface area contributed by atoms with Gasteiger partial charge in [0.1, 0.15) is 18.2 Å². The van der Waals surface area contributed by atoms with Gasteiger partial charge in [0.15, 0.2) is 11.5 Å². The number of halogens is 3. The van der Waals surface area contributed by atoms with Crippen LogP contribution in [-0.4, -0.2) is 13.0 Å². The van der Waals surface area contributed by atoms with Gasteiger partial charge >= 0.3 is 0 Å². The van der Waals surface area contributed by atoms with E-state index in [4.69, 9.17) is 32.7 Å². The number of nitriles is 1. The largest absolute Gasteiger partial charge is 0.493 e. The summed E-state index contributed by atoms with van der Waals surface area (Å²) in [5.74, 6) is 0.416. The van der Waals surface area contributed by atoms with E-state index >= 15 is 0 Å². The van der Waals surface area contributed by atoms with Crippen LogP contribution < -0.4 is 14.8 Å². The molecule has 0 heterocycles. The molecule has 0 aliphatic heterocycles. The Morgan fingerprint density at radius 2 is 1.84 bits per heavy atom. The van der Waals surface area contributed by atoms with Gasteiger partial charge in [0.25, 0.3) is 5.91 Å². The third-order valence-corrected chi connectivity index (χ3v) is 5.78. The molecule has 0 atom stereocenters. The van der Waals surface area contributed by atoms with E-state index in [0.29, 0.717) is 37.3 Å². The van der Waals surface area contributed by atoms with Crippen molar-refractivity contribution in [1.29, 1.82) is 5.26 Å². The molecular formula is C24H17BrCl2N2O3. The highest BCUT2D eigenvalue weighted by Crippen LogP contribution is 2.35. The summed E-state index contributed by atoms with van der Waals surface area (Å²) >= 11 is 15.5. The molecule has 32 heavy (non-hydrogen) atoms. The summed E-state index contributed by atoms with van der Waals surface area (Å²) < 4.78 is 11.9. The van der Waals surface area contributed by atoms with Gasteiger partial charge in [-0.2, -0.15) is 5.26 Å². The summed E-state index contributed by atoms with van der Waals surface area (Å²) in [6.45, 7) is 0.248. The fourth-order valence-electron chi connectivity index (χ4n) is 2.75. The normalized spacial score (nSPS) is 10.9. The van der Waals surface area contributed by atoms with Crippen molar-refractivity contribution in [1.82, 2.24) is 0 Å². The van der Waals surface area contributed by atoms with Crippen molar-refractivity contribution in [2.24, 2.45) is 0 Å². The van der Waals surface area contributed by atoms with Crippen molar-refractivity contribution in [3.8, 4) is 17.6 Å². The highest BCUT2D eigenvalue weighted by molar-refractivity contribution is 9.10. The van der Waals surface area contributed by atoms with Gasteiger partial charge in [-0.1, -0.05) is 63.4 Å². The van der Waals surface area contributed by atoms with Gasteiger partial charge in [-0.15, -0.1) is 0 Å². The molecule has 1 N–H and O–H groups in total. The van der Waals surface area contributed by atoms with E-state index in [-0.39, 0.29) is 12.2 Å². The Balaban J connectivity index is 1.82. The maximum Gasteiger partial charge on any atom is 0.266 e. The summed E-state index contributed by atoms with van der Waals surface area (Å²) in [7, 11) is 1.51. The van der Waals surface area contributed by atoms with Crippen LogP contribution in [0.15, 0.2) is 70.7 Å². The minimum Gasteiger partial charge on any atom is -0.493 e. The first-order valence-electron chi connectivity index (χ1n) is 9.33. The number of hydrogen-bond donors (Lipinski definition) is 1. The minimum absolute atomic E-state index is 0.0546. The Hall–Kier alpha value is -2.98. The van der Waals surface area contributed by atoms with Crippen molar-refractivity contribution in [2.75, 3.05) is 12.4 Å². The van der Waals surface area contributed by atoms with Crippen molar-refractivity contribution in [2.45, 2.75) is 6.61 Å². The molecule has 0 spiro atoms. The summed E-state index contributed by atoms with van der Waals surface area (Å²) in [5, 5.41) is 13.1. The molecule has 0 aliphatic rings. The Morgan fingerprint density at radius 1 is 1.09 bits per heavy atom. The average molecular weight is 532 g/mol. The van der Waals surface area contributed by atoms with Gasteiger partial charge in [-0.3, -0.25) is 4.79 Å².